The Labute approximate surface area is 120 Å². The number of hydrogen-bond donors (Lipinski definition) is 2. The molecule has 0 spiro atoms. The molecule has 112 valence electrons. The van der Waals surface area contributed by atoms with Gasteiger partial charge in [-0.1, -0.05) is 13.8 Å². The average Bonchev–Trinajstić information content (AvgIpc) is 2.41. The smallest absolute Gasteiger partial charge is 0.253 e. The highest BCUT2D eigenvalue weighted by molar-refractivity contribution is 5.94. The minimum absolute atomic E-state index is 0.0370. The molecule has 1 heterocycles. The molecule has 1 aromatic rings. The summed E-state index contributed by atoms with van der Waals surface area (Å²) in [5.74, 6) is 0.582. The van der Waals surface area contributed by atoms with E-state index in [-0.39, 0.29) is 18.4 Å². The van der Waals surface area contributed by atoms with Crippen molar-refractivity contribution < 1.29 is 9.90 Å². The van der Waals surface area contributed by atoms with E-state index in [0.29, 0.717) is 17.9 Å². The minimum atomic E-state index is -0.0370. The van der Waals surface area contributed by atoms with Gasteiger partial charge in [0.1, 0.15) is 5.82 Å². The lowest BCUT2D eigenvalue weighted by Crippen LogP contribution is -2.28. The van der Waals surface area contributed by atoms with Crippen molar-refractivity contribution in [3.05, 3.63) is 23.4 Å². The van der Waals surface area contributed by atoms with Crippen molar-refractivity contribution in [3.8, 4) is 0 Å². The zero-order valence-electron chi connectivity index (χ0n) is 12.6. The van der Waals surface area contributed by atoms with E-state index in [2.05, 4.69) is 4.98 Å². The molecule has 1 rings (SSSR count). The van der Waals surface area contributed by atoms with Crippen LogP contribution in [0.1, 0.15) is 55.1 Å². The summed E-state index contributed by atoms with van der Waals surface area (Å²) in [5, 5.41) is 8.73. The summed E-state index contributed by atoms with van der Waals surface area (Å²) >= 11 is 0. The summed E-state index contributed by atoms with van der Waals surface area (Å²) in [5.41, 5.74) is 7.19. The van der Waals surface area contributed by atoms with Gasteiger partial charge in [0.15, 0.2) is 0 Å². The molecule has 0 unspecified atom stereocenters. The number of nitrogens with zero attached hydrogens (tertiary/aromatic N) is 2. The highest BCUT2D eigenvalue weighted by Crippen LogP contribution is 2.17. The predicted molar refractivity (Wildman–Crippen MR) is 80.6 cm³/mol. The third-order valence-electron chi connectivity index (χ3n) is 3.20. The zero-order valence-corrected chi connectivity index (χ0v) is 12.6. The molecule has 5 nitrogen and oxygen atoms in total. The van der Waals surface area contributed by atoms with E-state index < -0.39 is 0 Å². The lowest BCUT2D eigenvalue weighted by molar-refractivity contribution is 0.0792. The standard InChI is InChI=1S/C15H25N3O2/c1-11(2)13-9-12(10-14(16)17-13)15(20)18(3)7-5-4-6-8-19/h9-11,19H,4-8H2,1-3H3,(H2,16,17). The number of rotatable bonds is 7. The number of aliphatic hydroxyl groups is 1. The van der Waals surface area contributed by atoms with Crippen molar-refractivity contribution in [3.63, 3.8) is 0 Å². The average molecular weight is 279 g/mol. The molecule has 5 heteroatoms. The normalized spacial score (nSPS) is 10.8. The molecule has 20 heavy (non-hydrogen) atoms. The van der Waals surface area contributed by atoms with Crippen molar-refractivity contribution in [1.29, 1.82) is 0 Å². The quantitative estimate of drug-likeness (QED) is 0.748. The number of unbranched alkanes of at least 4 members (excludes halogenated alkanes) is 2. The van der Waals surface area contributed by atoms with E-state index in [1.54, 1.807) is 18.0 Å². The Hall–Kier alpha value is -1.62. The van der Waals surface area contributed by atoms with Gasteiger partial charge in [-0.2, -0.15) is 0 Å². The third-order valence-corrected chi connectivity index (χ3v) is 3.20. The fourth-order valence-corrected chi connectivity index (χ4v) is 1.95. The van der Waals surface area contributed by atoms with E-state index >= 15 is 0 Å². The fraction of sp³-hybridized carbons (Fsp3) is 0.600. The van der Waals surface area contributed by atoms with Gasteiger partial charge in [0.25, 0.3) is 5.91 Å². The highest BCUT2D eigenvalue weighted by Gasteiger charge is 2.14. The van der Waals surface area contributed by atoms with Crippen molar-refractivity contribution in [2.24, 2.45) is 0 Å². The van der Waals surface area contributed by atoms with Crippen molar-refractivity contribution in [2.75, 3.05) is 25.9 Å². The van der Waals surface area contributed by atoms with Gasteiger partial charge in [-0.25, -0.2) is 4.98 Å². The number of amides is 1. The maximum atomic E-state index is 12.3. The van der Waals surface area contributed by atoms with Crippen molar-refractivity contribution in [2.45, 2.75) is 39.0 Å². The van der Waals surface area contributed by atoms with E-state index in [1.807, 2.05) is 19.9 Å². The number of hydrogen-bond acceptors (Lipinski definition) is 4. The van der Waals surface area contributed by atoms with E-state index in [1.165, 1.54) is 0 Å². The summed E-state index contributed by atoms with van der Waals surface area (Å²) < 4.78 is 0. The largest absolute Gasteiger partial charge is 0.396 e. The van der Waals surface area contributed by atoms with Gasteiger partial charge >= 0.3 is 0 Å². The second kappa shape index (κ2) is 7.85. The number of aliphatic hydroxyl groups excluding tert-OH is 1. The Morgan fingerprint density at radius 2 is 2.05 bits per heavy atom. The molecule has 1 aromatic heterocycles. The number of aromatic nitrogens is 1. The number of carbonyl (C=O) groups is 1. The van der Waals surface area contributed by atoms with E-state index in [4.69, 9.17) is 10.8 Å². The fourth-order valence-electron chi connectivity index (χ4n) is 1.95. The van der Waals surface area contributed by atoms with Crippen LogP contribution in [0.5, 0.6) is 0 Å². The van der Waals surface area contributed by atoms with Crippen LogP contribution in [0.3, 0.4) is 0 Å². The monoisotopic (exact) mass is 279 g/mol. The Morgan fingerprint density at radius 3 is 2.65 bits per heavy atom. The third kappa shape index (κ3) is 4.81. The Balaban J connectivity index is 2.71. The number of carbonyl (C=O) groups excluding carboxylic acids is 1. The molecule has 1 amide bonds. The van der Waals surface area contributed by atoms with Crippen LogP contribution in [0.4, 0.5) is 5.82 Å². The Morgan fingerprint density at radius 1 is 1.35 bits per heavy atom. The number of pyridine rings is 1. The van der Waals surface area contributed by atoms with Crippen LogP contribution in [-0.4, -0.2) is 41.1 Å². The van der Waals surface area contributed by atoms with Crippen LogP contribution < -0.4 is 5.73 Å². The van der Waals surface area contributed by atoms with E-state index in [9.17, 15) is 4.79 Å². The topological polar surface area (TPSA) is 79.5 Å². The van der Waals surface area contributed by atoms with Gasteiger partial charge in [-0.15, -0.1) is 0 Å². The molecule has 0 aromatic carbocycles. The first kappa shape index (κ1) is 16.4. The van der Waals surface area contributed by atoms with Crippen LogP contribution >= 0.6 is 0 Å². The van der Waals surface area contributed by atoms with E-state index in [0.717, 1.165) is 25.0 Å². The summed E-state index contributed by atoms with van der Waals surface area (Å²) in [7, 11) is 1.78. The number of anilines is 1. The molecule has 0 radical (unpaired) electrons. The lowest BCUT2D eigenvalue weighted by Gasteiger charge is -2.18. The van der Waals surface area contributed by atoms with Crippen molar-refractivity contribution in [1.82, 2.24) is 9.88 Å². The Bertz CT molecular complexity index is 447. The van der Waals surface area contributed by atoms with Crippen LogP contribution in [0.15, 0.2) is 12.1 Å². The molecule has 0 atom stereocenters. The molecule has 0 bridgehead atoms. The van der Waals surface area contributed by atoms with Gasteiger partial charge in [-0.05, 0) is 37.3 Å². The molecule has 0 fully saturated rings. The molecule has 3 N–H and O–H groups in total. The van der Waals surface area contributed by atoms with Crippen LogP contribution in [-0.2, 0) is 0 Å². The van der Waals surface area contributed by atoms with Gasteiger partial charge in [-0.3, -0.25) is 4.79 Å². The lowest BCUT2D eigenvalue weighted by atomic mass is 10.1. The molecular weight excluding hydrogens is 254 g/mol. The first-order chi connectivity index (χ1) is 9.45. The molecular formula is C15H25N3O2. The van der Waals surface area contributed by atoms with Gasteiger partial charge in [0.2, 0.25) is 0 Å². The van der Waals surface area contributed by atoms with Crippen LogP contribution in [0, 0.1) is 0 Å². The molecule has 0 aliphatic carbocycles. The van der Waals surface area contributed by atoms with Crippen molar-refractivity contribution >= 4 is 11.7 Å². The molecule has 0 aliphatic heterocycles. The summed E-state index contributed by atoms with van der Waals surface area (Å²) in [6.07, 6.45) is 2.59. The van der Waals surface area contributed by atoms with Crippen LogP contribution in [0.2, 0.25) is 0 Å². The molecule has 0 saturated carbocycles. The minimum Gasteiger partial charge on any atom is -0.396 e. The Kier molecular flexibility index (Phi) is 6.45. The maximum absolute atomic E-state index is 12.3. The molecule has 0 saturated heterocycles. The predicted octanol–water partition coefficient (Wildman–Crippen LogP) is 2.02. The summed E-state index contributed by atoms with van der Waals surface area (Å²) in [6, 6.07) is 3.44. The number of nitrogen functional groups attached to an aromatic ring is 1. The summed E-state index contributed by atoms with van der Waals surface area (Å²) in [6.45, 7) is 4.93. The van der Waals surface area contributed by atoms with Gasteiger partial charge < -0.3 is 15.7 Å². The first-order valence-electron chi connectivity index (χ1n) is 7.09. The van der Waals surface area contributed by atoms with Crippen LogP contribution in [0.25, 0.3) is 0 Å². The van der Waals surface area contributed by atoms with Gasteiger partial charge in [0, 0.05) is 31.5 Å². The zero-order chi connectivity index (χ0) is 15.1. The van der Waals surface area contributed by atoms with Gasteiger partial charge in [0.05, 0.1) is 0 Å². The second-order valence-corrected chi connectivity index (χ2v) is 5.37. The number of nitrogens with two attached hydrogens (primary N) is 1. The maximum Gasteiger partial charge on any atom is 0.253 e. The summed E-state index contributed by atoms with van der Waals surface area (Å²) in [4.78, 5) is 18.3. The SMILES string of the molecule is CC(C)c1cc(C(=O)N(C)CCCCCO)cc(N)n1. The first-order valence-corrected chi connectivity index (χ1v) is 7.09. The highest BCUT2D eigenvalue weighted by atomic mass is 16.2. The molecule has 0 aliphatic rings. The second-order valence-electron chi connectivity index (χ2n) is 5.37.